The van der Waals surface area contributed by atoms with Crippen LogP contribution in [0.2, 0.25) is 0 Å². The Hall–Kier alpha value is -3.60. The van der Waals surface area contributed by atoms with Gasteiger partial charge in [0.2, 0.25) is 0 Å². The summed E-state index contributed by atoms with van der Waals surface area (Å²) in [5, 5.41) is 0. The molecule has 2 amide bonds. The molecule has 1 heterocycles. The predicted octanol–water partition coefficient (Wildman–Crippen LogP) is 4.15. The van der Waals surface area contributed by atoms with Crippen molar-refractivity contribution >= 4 is 11.8 Å². The lowest BCUT2D eigenvalue weighted by molar-refractivity contribution is 0.0631. The molecule has 0 saturated carbocycles. The van der Waals surface area contributed by atoms with Gasteiger partial charge in [0, 0.05) is 6.07 Å². The van der Waals surface area contributed by atoms with Gasteiger partial charge >= 0.3 is 0 Å². The monoisotopic (exact) mass is 359 g/mol. The van der Waals surface area contributed by atoms with Crippen molar-refractivity contribution in [3.8, 4) is 17.2 Å². The second kappa shape index (κ2) is 7.33. The van der Waals surface area contributed by atoms with Crippen LogP contribution < -0.4 is 9.47 Å². The quantitative estimate of drug-likeness (QED) is 0.620. The minimum atomic E-state index is -0.277. The van der Waals surface area contributed by atoms with Crippen molar-refractivity contribution in [1.82, 2.24) is 4.90 Å². The minimum absolute atomic E-state index is 0.191. The van der Waals surface area contributed by atoms with Crippen molar-refractivity contribution in [1.29, 1.82) is 0 Å². The molecule has 0 unspecified atom stereocenters. The van der Waals surface area contributed by atoms with Gasteiger partial charge in [0.1, 0.15) is 23.9 Å². The molecular formula is C22H17NO4. The molecule has 0 N–H and O–H groups in total. The summed E-state index contributed by atoms with van der Waals surface area (Å²) in [5.41, 5.74) is 0.890. The van der Waals surface area contributed by atoms with Gasteiger partial charge in [-0.05, 0) is 36.4 Å². The minimum Gasteiger partial charge on any atom is -0.492 e. The van der Waals surface area contributed by atoms with Crippen LogP contribution in [-0.4, -0.2) is 29.9 Å². The van der Waals surface area contributed by atoms with E-state index in [0.29, 0.717) is 22.6 Å². The van der Waals surface area contributed by atoms with Gasteiger partial charge in [-0.3, -0.25) is 14.5 Å². The molecule has 134 valence electrons. The highest BCUT2D eigenvalue weighted by atomic mass is 16.5. The van der Waals surface area contributed by atoms with Crippen LogP contribution in [0.1, 0.15) is 20.7 Å². The lowest BCUT2D eigenvalue weighted by atomic mass is 10.1. The van der Waals surface area contributed by atoms with Crippen LogP contribution in [0.4, 0.5) is 0 Å². The zero-order valence-corrected chi connectivity index (χ0v) is 14.5. The SMILES string of the molecule is O=C1c2ccccc2C(=O)N1CCOc1cccc(Oc2ccccc2)c1. The van der Waals surface area contributed by atoms with Crippen LogP contribution in [-0.2, 0) is 0 Å². The lowest BCUT2D eigenvalue weighted by Crippen LogP contribution is -2.33. The molecule has 0 fully saturated rings. The fraction of sp³-hybridized carbons (Fsp3) is 0.0909. The molecule has 5 heteroatoms. The van der Waals surface area contributed by atoms with Crippen LogP contribution in [0.3, 0.4) is 0 Å². The van der Waals surface area contributed by atoms with Gasteiger partial charge in [0.15, 0.2) is 0 Å². The van der Waals surface area contributed by atoms with E-state index in [1.165, 1.54) is 4.90 Å². The standard InChI is InChI=1S/C22H17NO4/c24-21-19-11-4-5-12-20(19)22(25)23(21)13-14-26-17-9-6-10-18(15-17)27-16-7-2-1-3-8-16/h1-12,15H,13-14H2. The van der Waals surface area contributed by atoms with E-state index in [1.54, 1.807) is 36.4 Å². The molecule has 0 spiro atoms. The molecule has 4 rings (SSSR count). The number of amides is 2. The highest BCUT2D eigenvalue weighted by Gasteiger charge is 2.34. The summed E-state index contributed by atoms with van der Waals surface area (Å²) >= 11 is 0. The van der Waals surface area contributed by atoms with Crippen molar-refractivity contribution < 1.29 is 19.1 Å². The van der Waals surface area contributed by atoms with Crippen molar-refractivity contribution in [3.05, 3.63) is 90.0 Å². The first kappa shape index (κ1) is 16.8. The van der Waals surface area contributed by atoms with Gasteiger partial charge < -0.3 is 9.47 Å². The summed E-state index contributed by atoms with van der Waals surface area (Å²) in [5.74, 6) is 1.45. The van der Waals surface area contributed by atoms with E-state index < -0.39 is 0 Å². The summed E-state index contributed by atoms with van der Waals surface area (Å²) in [7, 11) is 0. The van der Waals surface area contributed by atoms with Crippen LogP contribution in [0.15, 0.2) is 78.9 Å². The van der Waals surface area contributed by atoms with Gasteiger partial charge in [-0.15, -0.1) is 0 Å². The molecule has 5 nitrogen and oxygen atoms in total. The van der Waals surface area contributed by atoms with Gasteiger partial charge in [-0.1, -0.05) is 36.4 Å². The second-order valence-corrected chi connectivity index (χ2v) is 6.05. The largest absolute Gasteiger partial charge is 0.492 e. The molecule has 0 atom stereocenters. The Labute approximate surface area is 156 Å². The van der Waals surface area contributed by atoms with Gasteiger partial charge in [-0.2, -0.15) is 0 Å². The third-order valence-corrected chi connectivity index (χ3v) is 4.25. The Morgan fingerprint density at radius 1 is 0.667 bits per heavy atom. The van der Waals surface area contributed by atoms with Crippen molar-refractivity contribution in [3.63, 3.8) is 0 Å². The fourth-order valence-electron chi connectivity index (χ4n) is 2.95. The number of para-hydroxylation sites is 1. The van der Waals surface area contributed by atoms with Crippen molar-refractivity contribution in [2.75, 3.05) is 13.2 Å². The number of fused-ring (bicyclic) bond motifs is 1. The molecule has 0 saturated heterocycles. The van der Waals surface area contributed by atoms with Crippen LogP contribution in [0, 0.1) is 0 Å². The summed E-state index contributed by atoms with van der Waals surface area (Å²) in [6.45, 7) is 0.399. The van der Waals surface area contributed by atoms with Crippen LogP contribution in [0.5, 0.6) is 17.2 Å². The first-order valence-corrected chi connectivity index (χ1v) is 8.63. The topological polar surface area (TPSA) is 55.8 Å². The van der Waals surface area contributed by atoms with E-state index in [2.05, 4.69) is 0 Å². The molecule has 3 aromatic carbocycles. The number of hydrogen-bond acceptors (Lipinski definition) is 4. The first-order valence-electron chi connectivity index (χ1n) is 8.63. The maximum absolute atomic E-state index is 12.3. The number of benzene rings is 3. The summed E-state index contributed by atoms with van der Waals surface area (Å²) in [6.07, 6.45) is 0. The first-order chi connectivity index (χ1) is 13.2. The normalized spacial score (nSPS) is 12.8. The molecule has 1 aliphatic rings. The molecule has 0 aliphatic carbocycles. The van der Waals surface area contributed by atoms with E-state index in [1.807, 2.05) is 42.5 Å². The molecule has 0 radical (unpaired) electrons. The summed E-state index contributed by atoms with van der Waals surface area (Å²) in [6, 6.07) is 23.5. The van der Waals surface area contributed by atoms with E-state index in [0.717, 1.165) is 5.75 Å². The Morgan fingerprint density at radius 2 is 1.26 bits per heavy atom. The molecule has 3 aromatic rings. The van der Waals surface area contributed by atoms with E-state index >= 15 is 0 Å². The Kier molecular flexibility index (Phi) is 4.58. The number of ether oxygens (including phenoxy) is 2. The number of rotatable bonds is 6. The van der Waals surface area contributed by atoms with Crippen LogP contribution in [0.25, 0.3) is 0 Å². The number of hydrogen-bond donors (Lipinski definition) is 0. The lowest BCUT2D eigenvalue weighted by Gasteiger charge is -2.15. The average Bonchev–Trinajstić information content (AvgIpc) is 2.94. The number of carbonyl (C=O) groups excluding carboxylic acids is 2. The number of nitrogens with zero attached hydrogens (tertiary/aromatic N) is 1. The Balaban J connectivity index is 1.37. The summed E-state index contributed by atoms with van der Waals surface area (Å²) in [4.78, 5) is 25.9. The van der Waals surface area contributed by atoms with Gasteiger partial charge in [0.05, 0.1) is 17.7 Å². The van der Waals surface area contributed by atoms with Crippen LogP contribution >= 0.6 is 0 Å². The molecule has 0 bridgehead atoms. The number of carbonyl (C=O) groups is 2. The zero-order chi connectivity index (χ0) is 18.6. The maximum atomic E-state index is 12.3. The predicted molar refractivity (Wildman–Crippen MR) is 100 cm³/mol. The molecule has 0 aromatic heterocycles. The second-order valence-electron chi connectivity index (χ2n) is 6.05. The third kappa shape index (κ3) is 3.53. The van der Waals surface area contributed by atoms with E-state index in [9.17, 15) is 9.59 Å². The van der Waals surface area contributed by atoms with Gasteiger partial charge in [0.25, 0.3) is 11.8 Å². The Bertz CT molecular complexity index is 949. The van der Waals surface area contributed by atoms with E-state index in [-0.39, 0.29) is 25.0 Å². The smallest absolute Gasteiger partial charge is 0.261 e. The Morgan fingerprint density at radius 3 is 1.96 bits per heavy atom. The molecule has 1 aliphatic heterocycles. The number of imide groups is 1. The fourth-order valence-corrected chi connectivity index (χ4v) is 2.95. The average molecular weight is 359 g/mol. The van der Waals surface area contributed by atoms with Crippen molar-refractivity contribution in [2.24, 2.45) is 0 Å². The highest BCUT2D eigenvalue weighted by Crippen LogP contribution is 2.25. The van der Waals surface area contributed by atoms with Crippen molar-refractivity contribution in [2.45, 2.75) is 0 Å². The van der Waals surface area contributed by atoms with Gasteiger partial charge in [-0.25, -0.2) is 0 Å². The zero-order valence-electron chi connectivity index (χ0n) is 14.5. The third-order valence-electron chi connectivity index (χ3n) is 4.25. The maximum Gasteiger partial charge on any atom is 0.261 e. The summed E-state index contributed by atoms with van der Waals surface area (Å²) < 4.78 is 11.5. The molecular weight excluding hydrogens is 342 g/mol. The molecule has 27 heavy (non-hydrogen) atoms. The van der Waals surface area contributed by atoms with E-state index in [4.69, 9.17) is 9.47 Å². The highest BCUT2D eigenvalue weighted by molar-refractivity contribution is 6.21.